The fourth-order valence-electron chi connectivity index (χ4n) is 1.31. The van der Waals surface area contributed by atoms with Gasteiger partial charge in [0, 0.05) is 5.56 Å². The Hall–Kier alpha value is -2.32. The topological polar surface area (TPSA) is 102 Å². The maximum atomic E-state index is 12.4. The van der Waals surface area contributed by atoms with E-state index < -0.39 is 46.2 Å². The van der Waals surface area contributed by atoms with Gasteiger partial charge in [0.1, 0.15) is 0 Å². The van der Waals surface area contributed by atoms with E-state index in [1.54, 1.807) is 4.98 Å². The lowest BCUT2D eigenvalue weighted by atomic mass is 10.1. The van der Waals surface area contributed by atoms with Gasteiger partial charge in [-0.3, -0.25) is 19.7 Å². The van der Waals surface area contributed by atoms with Crippen LogP contribution in [-0.4, -0.2) is 23.0 Å². The number of aromatic nitrogens is 1. The number of hydrogen-bond acceptors (Lipinski definition) is 5. The molecule has 0 fully saturated rings. The third kappa shape index (κ3) is 2.87. The van der Waals surface area contributed by atoms with Gasteiger partial charge in [-0.1, -0.05) is 0 Å². The lowest BCUT2D eigenvalue weighted by Crippen LogP contribution is -2.18. The fraction of sp³-hybridized carbons (Fsp3) is 0.333. The van der Waals surface area contributed by atoms with Gasteiger partial charge in [-0.25, -0.2) is 8.78 Å². The quantitative estimate of drug-likeness (QED) is 0.494. The summed E-state index contributed by atoms with van der Waals surface area (Å²) in [6.45, 7) is 0. The van der Waals surface area contributed by atoms with Crippen LogP contribution in [0.1, 0.15) is 17.7 Å². The number of carbonyl (C=O) groups is 1. The minimum atomic E-state index is -3.00. The molecule has 0 aromatic carbocycles. The molecule has 7 nitrogen and oxygen atoms in total. The van der Waals surface area contributed by atoms with Crippen LogP contribution in [0, 0.1) is 10.1 Å². The molecular weight excluding hydrogens is 254 g/mol. The highest BCUT2D eigenvalue weighted by atomic mass is 19.3. The average molecular weight is 262 g/mol. The first kappa shape index (κ1) is 13.7. The molecule has 0 unspecified atom stereocenters. The van der Waals surface area contributed by atoms with E-state index in [9.17, 15) is 28.5 Å². The minimum absolute atomic E-state index is 0.411. The number of rotatable bonds is 4. The van der Waals surface area contributed by atoms with Gasteiger partial charge in [-0.15, -0.1) is 0 Å². The number of hydrogen-bond donors (Lipinski definition) is 1. The summed E-state index contributed by atoms with van der Waals surface area (Å²) in [6.07, 6.45) is -3.63. The summed E-state index contributed by atoms with van der Waals surface area (Å²) in [5.41, 5.74) is -3.42. The maximum Gasteiger partial charge on any atom is 0.337 e. The number of H-pyrrole nitrogens is 1. The summed E-state index contributed by atoms with van der Waals surface area (Å²) in [5, 5.41) is 10.6. The van der Waals surface area contributed by atoms with E-state index in [2.05, 4.69) is 4.74 Å². The van der Waals surface area contributed by atoms with Crippen LogP contribution in [0.25, 0.3) is 0 Å². The van der Waals surface area contributed by atoms with Gasteiger partial charge in [-0.05, 0) is 6.07 Å². The molecule has 1 rings (SSSR count). The first-order chi connectivity index (χ1) is 8.36. The van der Waals surface area contributed by atoms with Crippen molar-refractivity contribution in [1.82, 2.24) is 4.98 Å². The molecule has 0 spiro atoms. The molecular formula is C9H8F2N2O5. The number of pyridine rings is 1. The van der Waals surface area contributed by atoms with E-state index in [0.29, 0.717) is 6.07 Å². The molecule has 0 atom stereocenters. The zero-order valence-electron chi connectivity index (χ0n) is 9.11. The van der Waals surface area contributed by atoms with Crippen molar-refractivity contribution in [3.63, 3.8) is 0 Å². The summed E-state index contributed by atoms with van der Waals surface area (Å²) in [4.78, 5) is 33.6. The summed E-state index contributed by atoms with van der Waals surface area (Å²) in [5.74, 6) is -0.871. The molecule has 1 aromatic heterocycles. The van der Waals surface area contributed by atoms with E-state index in [1.165, 1.54) is 0 Å². The molecule has 0 amide bonds. The first-order valence-corrected chi connectivity index (χ1v) is 4.62. The molecule has 0 aliphatic heterocycles. The van der Waals surface area contributed by atoms with E-state index >= 15 is 0 Å². The molecule has 9 heteroatoms. The lowest BCUT2D eigenvalue weighted by Gasteiger charge is -2.04. The van der Waals surface area contributed by atoms with Gasteiger partial charge in [0.05, 0.1) is 24.1 Å². The summed E-state index contributed by atoms with van der Waals surface area (Å²) in [7, 11) is 1.04. The summed E-state index contributed by atoms with van der Waals surface area (Å²) < 4.78 is 29.1. The standard InChI is InChI=1S/C9H8F2N2O5/c1-18-6(14)3-4-2-5(8(10)11)12-9(15)7(4)13(16)17/h2,8H,3H2,1H3,(H,12,15). The predicted octanol–water partition coefficient (Wildman–Crippen LogP) is 0.936. The molecule has 0 radical (unpaired) electrons. The zero-order valence-corrected chi connectivity index (χ0v) is 9.11. The van der Waals surface area contributed by atoms with Crippen LogP contribution in [0.5, 0.6) is 0 Å². The Morgan fingerprint density at radius 1 is 1.61 bits per heavy atom. The second-order valence-corrected chi connectivity index (χ2v) is 3.24. The molecule has 0 saturated carbocycles. The zero-order chi connectivity index (χ0) is 13.9. The fourth-order valence-corrected chi connectivity index (χ4v) is 1.31. The monoisotopic (exact) mass is 262 g/mol. The third-order valence-corrected chi connectivity index (χ3v) is 2.09. The number of nitrogens with zero attached hydrogens (tertiary/aromatic N) is 1. The number of aromatic amines is 1. The Bertz CT molecular complexity index is 540. The SMILES string of the molecule is COC(=O)Cc1cc(C(F)F)[nH]c(=O)c1[N+](=O)[O-]. The van der Waals surface area contributed by atoms with Gasteiger partial charge in [0.25, 0.3) is 6.43 Å². The second kappa shape index (κ2) is 5.34. The number of alkyl halides is 2. The van der Waals surface area contributed by atoms with Gasteiger partial charge < -0.3 is 9.72 Å². The molecule has 18 heavy (non-hydrogen) atoms. The van der Waals surface area contributed by atoms with Crippen LogP contribution >= 0.6 is 0 Å². The van der Waals surface area contributed by atoms with Crippen molar-refractivity contribution in [2.75, 3.05) is 7.11 Å². The number of ether oxygens (including phenoxy) is 1. The molecule has 0 saturated heterocycles. The van der Waals surface area contributed by atoms with Crippen molar-refractivity contribution >= 4 is 11.7 Å². The Kier molecular flexibility index (Phi) is 4.08. The van der Waals surface area contributed by atoms with Crippen LogP contribution in [0.3, 0.4) is 0 Å². The van der Waals surface area contributed by atoms with Gasteiger partial charge in [0.2, 0.25) is 0 Å². The molecule has 0 bridgehead atoms. The molecule has 1 N–H and O–H groups in total. The van der Waals surface area contributed by atoms with Gasteiger partial charge >= 0.3 is 17.2 Å². The summed E-state index contributed by atoms with van der Waals surface area (Å²) in [6, 6.07) is 0.709. The number of methoxy groups -OCH3 is 1. The predicted molar refractivity (Wildman–Crippen MR) is 54.4 cm³/mol. The van der Waals surface area contributed by atoms with Gasteiger partial charge in [-0.2, -0.15) is 0 Å². The summed E-state index contributed by atoms with van der Waals surface area (Å²) >= 11 is 0. The number of esters is 1. The van der Waals surface area contributed by atoms with E-state index in [-0.39, 0.29) is 0 Å². The Labute approximate surface area is 98.5 Å². The smallest absolute Gasteiger partial charge is 0.337 e. The highest BCUT2D eigenvalue weighted by Gasteiger charge is 2.24. The maximum absolute atomic E-state index is 12.4. The normalized spacial score (nSPS) is 10.4. The van der Waals surface area contributed by atoms with E-state index in [0.717, 1.165) is 7.11 Å². The van der Waals surface area contributed by atoms with Crippen molar-refractivity contribution in [3.8, 4) is 0 Å². The Morgan fingerprint density at radius 2 is 2.22 bits per heavy atom. The highest BCUT2D eigenvalue weighted by Crippen LogP contribution is 2.21. The third-order valence-electron chi connectivity index (χ3n) is 2.09. The van der Waals surface area contributed by atoms with E-state index in [1.807, 2.05) is 0 Å². The van der Waals surface area contributed by atoms with Crippen LogP contribution in [0.2, 0.25) is 0 Å². The van der Waals surface area contributed by atoms with Gasteiger partial charge in [0.15, 0.2) is 0 Å². The number of nitro groups is 1. The Morgan fingerprint density at radius 3 is 2.67 bits per heavy atom. The number of nitrogens with one attached hydrogen (secondary N) is 1. The lowest BCUT2D eigenvalue weighted by molar-refractivity contribution is -0.387. The Balaban J connectivity index is 3.38. The van der Waals surface area contributed by atoms with Crippen molar-refractivity contribution in [2.24, 2.45) is 0 Å². The highest BCUT2D eigenvalue weighted by molar-refractivity contribution is 5.73. The van der Waals surface area contributed by atoms with Crippen LogP contribution in [0.4, 0.5) is 14.5 Å². The van der Waals surface area contributed by atoms with E-state index in [4.69, 9.17) is 0 Å². The van der Waals surface area contributed by atoms with Crippen molar-refractivity contribution in [3.05, 3.63) is 37.8 Å². The van der Waals surface area contributed by atoms with Crippen molar-refractivity contribution in [1.29, 1.82) is 0 Å². The molecule has 0 aliphatic rings. The minimum Gasteiger partial charge on any atom is -0.469 e. The molecule has 0 aliphatic carbocycles. The van der Waals surface area contributed by atoms with Crippen molar-refractivity contribution < 1.29 is 23.2 Å². The molecule has 98 valence electrons. The second-order valence-electron chi connectivity index (χ2n) is 3.24. The number of carbonyl (C=O) groups excluding carboxylic acids is 1. The first-order valence-electron chi connectivity index (χ1n) is 4.62. The van der Waals surface area contributed by atoms with Crippen LogP contribution in [0.15, 0.2) is 10.9 Å². The van der Waals surface area contributed by atoms with Crippen LogP contribution in [-0.2, 0) is 16.0 Å². The van der Waals surface area contributed by atoms with Crippen molar-refractivity contribution in [2.45, 2.75) is 12.8 Å². The largest absolute Gasteiger partial charge is 0.469 e. The average Bonchev–Trinajstić information content (AvgIpc) is 2.27. The number of halogens is 2. The molecule has 1 heterocycles. The molecule has 1 aromatic rings. The van der Waals surface area contributed by atoms with Crippen LogP contribution < -0.4 is 5.56 Å².